The fourth-order valence-electron chi connectivity index (χ4n) is 2.12. The van der Waals surface area contributed by atoms with E-state index in [-0.39, 0.29) is 5.91 Å². The summed E-state index contributed by atoms with van der Waals surface area (Å²) in [5.74, 6) is 6.23. The van der Waals surface area contributed by atoms with Crippen molar-refractivity contribution in [2.24, 2.45) is 11.8 Å². The lowest BCUT2D eigenvalue weighted by Gasteiger charge is -2.22. The first-order valence-corrected chi connectivity index (χ1v) is 6.42. The van der Waals surface area contributed by atoms with Crippen molar-refractivity contribution < 1.29 is 9.21 Å². The lowest BCUT2D eigenvalue weighted by atomic mass is 10.2. The standard InChI is InChI=1S/C13H21N3O2/c1-9(2)6-16(11-3-4-11)7-12-5-10(8-18-12)13(17)15-14/h5,8-9,11H,3-4,6-7,14H2,1-2H3,(H,15,17). The van der Waals surface area contributed by atoms with Crippen LogP contribution in [0.25, 0.3) is 0 Å². The molecule has 0 aliphatic heterocycles. The Bertz CT molecular complexity index is 410. The summed E-state index contributed by atoms with van der Waals surface area (Å²) in [6.07, 6.45) is 3.99. The van der Waals surface area contributed by atoms with Crippen molar-refractivity contribution in [3.63, 3.8) is 0 Å². The third-order valence-electron chi connectivity index (χ3n) is 3.07. The summed E-state index contributed by atoms with van der Waals surface area (Å²) < 4.78 is 5.42. The van der Waals surface area contributed by atoms with Gasteiger partial charge in [0, 0.05) is 12.6 Å². The number of amides is 1. The van der Waals surface area contributed by atoms with Gasteiger partial charge in [0.1, 0.15) is 12.0 Å². The van der Waals surface area contributed by atoms with Crippen LogP contribution in [0.3, 0.4) is 0 Å². The van der Waals surface area contributed by atoms with Gasteiger partial charge in [0.25, 0.3) is 5.91 Å². The van der Waals surface area contributed by atoms with E-state index in [9.17, 15) is 4.79 Å². The summed E-state index contributed by atoms with van der Waals surface area (Å²) in [6.45, 7) is 6.25. The number of hydrogen-bond acceptors (Lipinski definition) is 4. The normalized spacial score (nSPS) is 15.4. The van der Waals surface area contributed by atoms with Crippen LogP contribution in [0.4, 0.5) is 0 Å². The molecule has 1 amide bonds. The number of carbonyl (C=O) groups is 1. The Morgan fingerprint density at radius 2 is 2.33 bits per heavy atom. The van der Waals surface area contributed by atoms with Crippen molar-refractivity contribution in [1.82, 2.24) is 10.3 Å². The van der Waals surface area contributed by atoms with Gasteiger partial charge >= 0.3 is 0 Å². The number of hydrazine groups is 1. The first-order chi connectivity index (χ1) is 8.60. The Morgan fingerprint density at radius 1 is 1.61 bits per heavy atom. The molecule has 0 atom stereocenters. The smallest absolute Gasteiger partial charge is 0.268 e. The molecule has 1 aromatic rings. The largest absolute Gasteiger partial charge is 0.467 e. The Morgan fingerprint density at radius 3 is 2.89 bits per heavy atom. The molecule has 0 unspecified atom stereocenters. The topological polar surface area (TPSA) is 71.5 Å². The lowest BCUT2D eigenvalue weighted by molar-refractivity contribution is 0.0953. The minimum atomic E-state index is -0.313. The maximum absolute atomic E-state index is 11.3. The van der Waals surface area contributed by atoms with E-state index in [1.807, 2.05) is 0 Å². The SMILES string of the molecule is CC(C)CN(Cc1cc(C(=O)NN)co1)C1CC1. The minimum Gasteiger partial charge on any atom is -0.467 e. The van der Waals surface area contributed by atoms with Gasteiger partial charge in [0.05, 0.1) is 12.1 Å². The van der Waals surface area contributed by atoms with Gasteiger partial charge in [-0.2, -0.15) is 0 Å². The van der Waals surface area contributed by atoms with Gasteiger partial charge in [-0.1, -0.05) is 13.8 Å². The summed E-state index contributed by atoms with van der Waals surface area (Å²) in [5.41, 5.74) is 2.58. The van der Waals surface area contributed by atoms with Gasteiger partial charge in [-0.05, 0) is 24.8 Å². The molecule has 0 bridgehead atoms. The summed E-state index contributed by atoms with van der Waals surface area (Å²) in [6, 6.07) is 2.45. The third kappa shape index (κ3) is 3.34. The van der Waals surface area contributed by atoms with Crippen molar-refractivity contribution in [3.05, 3.63) is 23.7 Å². The van der Waals surface area contributed by atoms with Crippen molar-refractivity contribution >= 4 is 5.91 Å². The molecule has 1 aliphatic rings. The van der Waals surface area contributed by atoms with Gasteiger partial charge in [-0.3, -0.25) is 15.1 Å². The number of nitrogens with one attached hydrogen (secondary N) is 1. The Hall–Kier alpha value is -1.33. The molecule has 5 nitrogen and oxygen atoms in total. The van der Waals surface area contributed by atoms with Gasteiger partial charge in [-0.15, -0.1) is 0 Å². The van der Waals surface area contributed by atoms with E-state index in [1.54, 1.807) is 6.07 Å². The van der Waals surface area contributed by atoms with Crippen LogP contribution >= 0.6 is 0 Å². The van der Waals surface area contributed by atoms with E-state index in [0.29, 0.717) is 17.5 Å². The summed E-state index contributed by atoms with van der Waals surface area (Å²) in [5, 5.41) is 0. The van der Waals surface area contributed by atoms with E-state index < -0.39 is 0 Å². The number of carbonyl (C=O) groups excluding carboxylic acids is 1. The molecular formula is C13H21N3O2. The van der Waals surface area contributed by atoms with Crippen LogP contribution in [0, 0.1) is 5.92 Å². The van der Waals surface area contributed by atoms with Crippen LogP contribution in [0.15, 0.2) is 16.7 Å². The summed E-state index contributed by atoms with van der Waals surface area (Å²) >= 11 is 0. The van der Waals surface area contributed by atoms with Crippen molar-refractivity contribution in [1.29, 1.82) is 0 Å². The first-order valence-electron chi connectivity index (χ1n) is 6.42. The lowest BCUT2D eigenvalue weighted by Crippen LogP contribution is -2.30. The minimum absolute atomic E-state index is 0.313. The maximum Gasteiger partial charge on any atom is 0.268 e. The van der Waals surface area contributed by atoms with Crippen LogP contribution in [-0.4, -0.2) is 23.4 Å². The number of nitrogens with two attached hydrogens (primary N) is 1. The maximum atomic E-state index is 11.3. The van der Waals surface area contributed by atoms with Crippen LogP contribution in [0.2, 0.25) is 0 Å². The predicted molar refractivity (Wildman–Crippen MR) is 68.6 cm³/mol. The number of furan rings is 1. The van der Waals surface area contributed by atoms with E-state index in [1.165, 1.54) is 19.1 Å². The number of rotatable bonds is 6. The van der Waals surface area contributed by atoms with Crippen molar-refractivity contribution in [2.75, 3.05) is 6.54 Å². The fraction of sp³-hybridized carbons (Fsp3) is 0.615. The third-order valence-corrected chi connectivity index (χ3v) is 3.07. The molecule has 1 saturated carbocycles. The Balaban J connectivity index is 1.98. The molecule has 2 rings (SSSR count). The molecule has 18 heavy (non-hydrogen) atoms. The zero-order valence-electron chi connectivity index (χ0n) is 11.0. The highest BCUT2D eigenvalue weighted by Gasteiger charge is 2.29. The van der Waals surface area contributed by atoms with Crippen LogP contribution < -0.4 is 11.3 Å². The Kier molecular flexibility index (Phi) is 4.04. The number of nitrogens with zero attached hydrogens (tertiary/aromatic N) is 1. The zero-order valence-corrected chi connectivity index (χ0v) is 11.0. The van der Waals surface area contributed by atoms with Gasteiger partial charge in [-0.25, -0.2) is 5.84 Å². The van der Waals surface area contributed by atoms with Crippen molar-refractivity contribution in [2.45, 2.75) is 39.3 Å². The molecule has 100 valence electrons. The molecule has 1 aliphatic carbocycles. The highest BCUT2D eigenvalue weighted by Crippen LogP contribution is 2.29. The molecule has 1 fully saturated rings. The average Bonchev–Trinajstić information content (AvgIpc) is 3.08. The van der Waals surface area contributed by atoms with E-state index in [2.05, 4.69) is 24.2 Å². The summed E-state index contributed by atoms with van der Waals surface area (Å²) in [7, 11) is 0. The van der Waals surface area contributed by atoms with E-state index >= 15 is 0 Å². The molecule has 0 radical (unpaired) electrons. The van der Waals surface area contributed by atoms with E-state index in [0.717, 1.165) is 18.8 Å². The second-order valence-electron chi connectivity index (χ2n) is 5.33. The molecule has 5 heteroatoms. The van der Waals surface area contributed by atoms with Gasteiger partial charge < -0.3 is 4.42 Å². The zero-order chi connectivity index (χ0) is 13.1. The highest BCUT2D eigenvalue weighted by atomic mass is 16.3. The molecular weight excluding hydrogens is 230 g/mol. The molecule has 1 aromatic heterocycles. The number of nitrogen functional groups attached to an aromatic ring is 1. The average molecular weight is 251 g/mol. The molecule has 0 spiro atoms. The second kappa shape index (κ2) is 5.54. The van der Waals surface area contributed by atoms with Crippen LogP contribution in [-0.2, 0) is 6.54 Å². The Labute approximate surface area is 107 Å². The molecule has 3 N–H and O–H groups in total. The van der Waals surface area contributed by atoms with Gasteiger partial charge in [0.2, 0.25) is 0 Å². The monoisotopic (exact) mass is 251 g/mol. The molecule has 0 aromatic carbocycles. The second-order valence-corrected chi connectivity index (χ2v) is 5.33. The van der Waals surface area contributed by atoms with Crippen LogP contribution in [0.5, 0.6) is 0 Å². The fourth-order valence-corrected chi connectivity index (χ4v) is 2.12. The predicted octanol–water partition coefficient (Wildman–Crippen LogP) is 1.50. The van der Waals surface area contributed by atoms with Crippen LogP contribution in [0.1, 0.15) is 42.8 Å². The van der Waals surface area contributed by atoms with E-state index in [4.69, 9.17) is 10.3 Å². The molecule has 1 heterocycles. The van der Waals surface area contributed by atoms with Gasteiger partial charge in [0.15, 0.2) is 0 Å². The molecule has 0 saturated heterocycles. The summed E-state index contributed by atoms with van der Waals surface area (Å²) in [4.78, 5) is 13.8. The quantitative estimate of drug-likeness (QED) is 0.456. The highest BCUT2D eigenvalue weighted by molar-refractivity contribution is 5.93. The van der Waals surface area contributed by atoms with Crippen molar-refractivity contribution in [3.8, 4) is 0 Å². The number of hydrogen-bond donors (Lipinski definition) is 2. The first kappa shape index (κ1) is 13.1.